The third-order valence-corrected chi connectivity index (χ3v) is 5.11. The van der Waals surface area contributed by atoms with E-state index in [9.17, 15) is 0 Å². The Bertz CT molecular complexity index is 603. The van der Waals surface area contributed by atoms with Gasteiger partial charge in [-0.15, -0.1) is 11.3 Å². The maximum atomic E-state index is 6.25. The van der Waals surface area contributed by atoms with Gasteiger partial charge in [0, 0.05) is 11.5 Å². The second-order valence-electron chi connectivity index (χ2n) is 5.53. The summed E-state index contributed by atoms with van der Waals surface area (Å²) in [5.74, 6) is 1.46. The van der Waals surface area contributed by atoms with E-state index in [2.05, 4.69) is 0 Å². The van der Waals surface area contributed by atoms with E-state index in [0.29, 0.717) is 12.5 Å². The molecule has 1 aromatic heterocycles. The van der Waals surface area contributed by atoms with Crippen molar-refractivity contribution in [2.24, 2.45) is 0 Å². The van der Waals surface area contributed by atoms with Gasteiger partial charge in [0.05, 0.1) is 11.6 Å². The number of hydrogen-bond acceptors (Lipinski definition) is 4. The van der Waals surface area contributed by atoms with E-state index in [-0.39, 0.29) is 0 Å². The third-order valence-electron chi connectivity index (χ3n) is 4.07. The number of nitrogens with zero attached hydrogens (tertiary/aromatic N) is 1. The third kappa shape index (κ3) is 3.05. The highest BCUT2D eigenvalue weighted by Gasteiger charge is 2.22. The van der Waals surface area contributed by atoms with Gasteiger partial charge in [0.2, 0.25) is 0 Å². The van der Waals surface area contributed by atoms with E-state index >= 15 is 0 Å². The van der Waals surface area contributed by atoms with Gasteiger partial charge in [0.1, 0.15) is 16.4 Å². The van der Waals surface area contributed by atoms with Crippen molar-refractivity contribution in [3.8, 4) is 17.0 Å². The smallest absolute Gasteiger partial charge is 0.128 e. The lowest BCUT2D eigenvalue weighted by Gasteiger charge is -2.18. The van der Waals surface area contributed by atoms with Crippen LogP contribution in [0, 0.1) is 0 Å². The lowest BCUT2D eigenvalue weighted by molar-refractivity contribution is 0.341. The van der Waals surface area contributed by atoms with E-state index in [1.54, 1.807) is 11.3 Å². The molecule has 1 aliphatic carbocycles. The highest BCUT2D eigenvalue weighted by Crippen LogP contribution is 2.41. The number of rotatable bonds is 4. The van der Waals surface area contributed by atoms with Crippen LogP contribution in [0.3, 0.4) is 0 Å². The lowest BCUT2D eigenvalue weighted by Crippen LogP contribution is -2.03. The number of para-hydroxylation sites is 1. The number of anilines is 1. The molecule has 0 saturated heterocycles. The number of ether oxygens (including phenoxy) is 1. The minimum absolute atomic E-state index is 0.596. The number of hydrogen-bond donors (Lipinski definition) is 1. The first-order valence-corrected chi connectivity index (χ1v) is 8.59. The molecule has 112 valence electrons. The molecule has 3 nitrogen and oxygen atoms in total. The average molecular weight is 302 g/mol. The summed E-state index contributed by atoms with van der Waals surface area (Å²) in [6.45, 7) is 2.64. The van der Waals surface area contributed by atoms with Gasteiger partial charge >= 0.3 is 0 Å². The molecule has 0 amide bonds. The van der Waals surface area contributed by atoms with Crippen molar-refractivity contribution in [2.75, 3.05) is 12.3 Å². The molecular weight excluding hydrogens is 280 g/mol. The molecule has 2 aromatic rings. The minimum Gasteiger partial charge on any atom is -0.493 e. The van der Waals surface area contributed by atoms with E-state index in [4.69, 9.17) is 15.5 Å². The van der Waals surface area contributed by atoms with Crippen LogP contribution < -0.4 is 10.5 Å². The largest absolute Gasteiger partial charge is 0.493 e. The maximum absolute atomic E-state index is 6.25. The topological polar surface area (TPSA) is 48.1 Å². The molecule has 1 fully saturated rings. The summed E-state index contributed by atoms with van der Waals surface area (Å²) < 4.78 is 5.71. The van der Waals surface area contributed by atoms with Crippen molar-refractivity contribution in [3.05, 3.63) is 29.3 Å². The van der Waals surface area contributed by atoms with Gasteiger partial charge in [0.25, 0.3) is 0 Å². The van der Waals surface area contributed by atoms with Gasteiger partial charge in [0.15, 0.2) is 0 Å². The van der Waals surface area contributed by atoms with Crippen LogP contribution in [-0.4, -0.2) is 11.6 Å². The highest BCUT2D eigenvalue weighted by molar-refractivity contribution is 7.16. The van der Waals surface area contributed by atoms with Crippen LogP contribution in [0.2, 0.25) is 0 Å². The van der Waals surface area contributed by atoms with Gasteiger partial charge < -0.3 is 10.5 Å². The Labute approximate surface area is 130 Å². The molecule has 0 unspecified atom stereocenters. The summed E-state index contributed by atoms with van der Waals surface area (Å²) in [4.78, 5) is 4.86. The minimum atomic E-state index is 0.596. The van der Waals surface area contributed by atoms with Gasteiger partial charge in [-0.3, -0.25) is 0 Å². The summed E-state index contributed by atoms with van der Waals surface area (Å²) in [7, 11) is 0. The number of benzene rings is 1. The Morgan fingerprint density at radius 3 is 2.76 bits per heavy atom. The summed E-state index contributed by atoms with van der Waals surface area (Å²) in [5, 5.41) is 2.01. The summed E-state index contributed by atoms with van der Waals surface area (Å²) >= 11 is 1.65. The zero-order valence-electron chi connectivity index (χ0n) is 12.5. The lowest BCUT2D eigenvalue weighted by atomic mass is 9.90. The molecule has 3 rings (SSSR count). The van der Waals surface area contributed by atoms with Crippen molar-refractivity contribution in [2.45, 2.75) is 44.9 Å². The molecule has 1 saturated carbocycles. The molecule has 1 aromatic carbocycles. The fourth-order valence-electron chi connectivity index (χ4n) is 3.01. The quantitative estimate of drug-likeness (QED) is 0.879. The number of thiazole rings is 1. The maximum Gasteiger partial charge on any atom is 0.128 e. The van der Waals surface area contributed by atoms with Crippen molar-refractivity contribution in [1.82, 2.24) is 4.98 Å². The van der Waals surface area contributed by atoms with Crippen molar-refractivity contribution < 1.29 is 4.74 Å². The van der Waals surface area contributed by atoms with Gasteiger partial charge in [-0.1, -0.05) is 31.4 Å². The van der Waals surface area contributed by atoms with E-state index < -0.39 is 0 Å². The Morgan fingerprint density at radius 1 is 1.24 bits per heavy atom. The molecular formula is C17H22N2OS. The van der Waals surface area contributed by atoms with E-state index in [0.717, 1.165) is 22.0 Å². The average Bonchev–Trinajstić information content (AvgIpc) is 2.91. The van der Waals surface area contributed by atoms with E-state index in [1.807, 2.05) is 31.2 Å². The summed E-state index contributed by atoms with van der Waals surface area (Å²) in [6, 6.07) is 8.02. The first-order chi connectivity index (χ1) is 10.3. The predicted octanol–water partition coefficient (Wildman–Crippen LogP) is 4.84. The zero-order valence-corrected chi connectivity index (χ0v) is 13.3. The Kier molecular flexibility index (Phi) is 4.44. The van der Waals surface area contributed by atoms with Crippen LogP contribution >= 0.6 is 11.3 Å². The van der Waals surface area contributed by atoms with Gasteiger partial charge in [-0.25, -0.2) is 4.98 Å². The second-order valence-corrected chi connectivity index (χ2v) is 6.59. The molecule has 1 heterocycles. The van der Waals surface area contributed by atoms with Gasteiger partial charge in [-0.2, -0.15) is 0 Å². The van der Waals surface area contributed by atoms with Crippen LogP contribution in [0.25, 0.3) is 11.3 Å². The molecule has 21 heavy (non-hydrogen) atoms. The SMILES string of the molecule is CCOc1ccccc1-c1nc(C2CCCCC2)sc1N. The zero-order chi connectivity index (χ0) is 14.7. The molecule has 0 radical (unpaired) electrons. The van der Waals surface area contributed by atoms with Crippen molar-refractivity contribution in [3.63, 3.8) is 0 Å². The number of nitrogens with two attached hydrogens (primary N) is 1. The Balaban J connectivity index is 1.94. The standard InChI is InChI=1S/C17H22N2OS/c1-2-20-14-11-7-6-10-13(14)15-16(18)21-17(19-15)12-8-4-3-5-9-12/h6-7,10-12H,2-5,8-9,18H2,1H3. The number of nitrogen functional groups attached to an aromatic ring is 1. The molecule has 0 bridgehead atoms. The van der Waals surface area contributed by atoms with Crippen LogP contribution in [0.5, 0.6) is 5.75 Å². The Hall–Kier alpha value is -1.55. The fraction of sp³-hybridized carbons (Fsp3) is 0.471. The Morgan fingerprint density at radius 2 is 2.00 bits per heavy atom. The van der Waals surface area contributed by atoms with Crippen molar-refractivity contribution >= 4 is 16.3 Å². The highest BCUT2D eigenvalue weighted by atomic mass is 32.1. The second kappa shape index (κ2) is 6.48. The van der Waals surface area contributed by atoms with Crippen LogP contribution in [0.15, 0.2) is 24.3 Å². The fourth-order valence-corrected chi connectivity index (χ4v) is 4.03. The molecule has 4 heteroatoms. The molecule has 0 aliphatic heterocycles. The summed E-state index contributed by atoms with van der Waals surface area (Å²) in [5.41, 5.74) is 8.15. The van der Waals surface area contributed by atoms with E-state index in [1.165, 1.54) is 37.1 Å². The molecule has 0 atom stereocenters. The van der Waals surface area contributed by atoms with Gasteiger partial charge in [-0.05, 0) is 31.9 Å². The van der Waals surface area contributed by atoms with Crippen LogP contribution in [-0.2, 0) is 0 Å². The normalized spacial score (nSPS) is 16.0. The predicted molar refractivity (Wildman–Crippen MR) is 89.0 cm³/mol. The van der Waals surface area contributed by atoms with Crippen LogP contribution in [0.1, 0.15) is 50.0 Å². The number of aromatic nitrogens is 1. The molecule has 1 aliphatic rings. The molecule has 2 N–H and O–H groups in total. The monoisotopic (exact) mass is 302 g/mol. The van der Waals surface area contributed by atoms with Crippen molar-refractivity contribution in [1.29, 1.82) is 0 Å². The van der Waals surface area contributed by atoms with Crippen LogP contribution in [0.4, 0.5) is 5.00 Å². The first-order valence-electron chi connectivity index (χ1n) is 7.78. The first kappa shape index (κ1) is 14.4. The summed E-state index contributed by atoms with van der Waals surface area (Å²) in [6.07, 6.45) is 6.49. The molecule has 0 spiro atoms.